The van der Waals surface area contributed by atoms with E-state index in [4.69, 9.17) is 21.1 Å². The van der Waals surface area contributed by atoms with Crippen molar-refractivity contribution >= 4 is 17.6 Å². The van der Waals surface area contributed by atoms with Crippen molar-refractivity contribution in [2.24, 2.45) is 0 Å². The highest BCUT2D eigenvalue weighted by molar-refractivity contribution is 6.30. The SMILES string of the molecule is CC1(C)Cc2cc(-c3ccc(Cl)cc3)cc(COc3ccc(C(C)(C)C(=O)O)cc3)c2O1. The number of carbonyl (C=O) groups is 1. The summed E-state index contributed by atoms with van der Waals surface area (Å²) in [6.45, 7) is 7.90. The molecule has 4 nitrogen and oxygen atoms in total. The van der Waals surface area contributed by atoms with Crippen LogP contribution in [0.5, 0.6) is 11.5 Å². The van der Waals surface area contributed by atoms with Crippen LogP contribution in [-0.4, -0.2) is 16.7 Å². The van der Waals surface area contributed by atoms with Crippen LogP contribution in [0.25, 0.3) is 11.1 Å². The number of aliphatic carboxylic acids is 1. The van der Waals surface area contributed by atoms with Gasteiger partial charge in [0.1, 0.15) is 23.7 Å². The number of halogens is 1. The second-order valence-corrected chi connectivity index (χ2v) is 9.85. The fourth-order valence-electron chi connectivity index (χ4n) is 3.96. The molecule has 1 aliphatic heterocycles. The molecule has 1 aliphatic rings. The van der Waals surface area contributed by atoms with Crippen LogP contribution in [0.2, 0.25) is 5.02 Å². The lowest BCUT2D eigenvalue weighted by Crippen LogP contribution is -2.28. The van der Waals surface area contributed by atoms with Gasteiger partial charge in [0.15, 0.2) is 0 Å². The average Bonchev–Trinajstić information content (AvgIpc) is 3.06. The zero-order chi connectivity index (χ0) is 23.1. The molecule has 0 amide bonds. The van der Waals surface area contributed by atoms with Gasteiger partial charge in [-0.15, -0.1) is 0 Å². The Hall–Kier alpha value is -2.98. The minimum Gasteiger partial charge on any atom is -0.489 e. The van der Waals surface area contributed by atoms with Gasteiger partial charge in [0, 0.05) is 17.0 Å². The highest BCUT2D eigenvalue weighted by Gasteiger charge is 2.33. The third-order valence-corrected chi connectivity index (χ3v) is 6.17. The Morgan fingerprint density at radius 1 is 1.06 bits per heavy atom. The maximum Gasteiger partial charge on any atom is 0.313 e. The standard InChI is InChI=1S/C27H27ClO4/c1-26(2)15-19-13-18(17-5-9-22(28)10-6-17)14-20(24(19)32-26)16-31-23-11-7-21(8-12-23)27(3,4)25(29)30/h5-14H,15-16H2,1-4H3,(H,29,30). The molecule has 3 aromatic rings. The van der Waals surface area contributed by atoms with Crippen molar-refractivity contribution in [2.45, 2.75) is 51.7 Å². The van der Waals surface area contributed by atoms with Crippen LogP contribution in [0, 0.1) is 0 Å². The highest BCUT2D eigenvalue weighted by atomic mass is 35.5. The van der Waals surface area contributed by atoms with E-state index in [1.807, 2.05) is 36.4 Å². The number of hydrogen-bond acceptors (Lipinski definition) is 3. The van der Waals surface area contributed by atoms with Crippen LogP contribution in [0.4, 0.5) is 0 Å². The molecule has 166 valence electrons. The van der Waals surface area contributed by atoms with E-state index in [2.05, 4.69) is 26.0 Å². The minimum absolute atomic E-state index is 0.264. The summed E-state index contributed by atoms with van der Waals surface area (Å²) >= 11 is 6.06. The minimum atomic E-state index is -0.953. The number of benzene rings is 3. The fourth-order valence-corrected chi connectivity index (χ4v) is 4.08. The molecule has 0 aromatic heterocycles. The van der Waals surface area contributed by atoms with Crippen molar-refractivity contribution < 1.29 is 19.4 Å². The lowest BCUT2D eigenvalue weighted by molar-refractivity contribution is -0.142. The molecule has 5 heteroatoms. The molecule has 0 spiro atoms. The van der Waals surface area contributed by atoms with Crippen LogP contribution in [0.15, 0.2) is 60.7 Å². The molecule has 1 heterocycles. The van der Waals surface area contributed by atoms with Crippen LogP contribution < -0.4 is 9.47 Å². The predicted molar refractivity (Wildman–Crippen MR) is 127 cm³/mol. The second kappa shape index (κ2) is 8.18. The van der Waals surface area contributed by atoms with Gasteiger partial charge in [0.2, 0.25) is 0 Å². The van der Waals surface area contributed by atoms with E-state index < -0.39 is 11.4 Å². The van der Waals surface area contributed by atoms with Crippen LogP contribution in [0.3, 0.4) is 0 Å². The van der Waals surface area contributed by atoms with Crippen molar-refractivity contribution in [1.29, 1.82) is 0 Å². The van der Waals surface area contributed by atoms with Crippen molar-refractivity contribution in [1.82, 2.24) is 0 Å². The van der Waals surface area contributed by atoms with Gasteiger partial charge < -0.3 is 14.6 Å². The van der Waals surface area contributed by atoms with E-state index in [-0.39, 0.29) is 5.60 Å². The smallest absolute Gasteiger partial charge is 0.313 e. The number of fused-ring (bicyclic) bond motifs is 1. The first-order chi connectivity index (χ1) is 15.0. The number of hydrogen-bond donors (Lipinski definition) is 1. The first kappa shape index (κ1) is 22.2. The normalized spacial score (nSPS) is 14.5. The number of carboxylic acids is 1. The zero-order valence-electron chi connectivity index (χ0n) is 18.7. The Balaban J connectivity index is 1.61. The lowest BCUT2D eigenvalue weighted by atomic mass is 9.85. The Labute approximate surface area is 193 Å². The summed E-state index contributed by atoms with van der Waals surface area (Å²) in [7, 11) is 0. The van der Waals surface area contributed by atoms with E-state index in [1.54, 1.807) is 26.0 Å². The van der Waals surface area contributed by atoms with Crippen molar-refractivity contribution in [2.75, 3.05) is 0 Å². The second-order valence-electron chi connectivity index (χ2n) is 9.41. The van der Waals surface area contributed by atoms with Crippen molar-refractivity contribution in [3.05, 3.63) is 82.4 Å². The fraction of sp³-hybridized carbons (Fsp3) is 0.296. The Kier molecular flexibility index (Phi) is 5.68. The molecule has 0 unspecified atom stereocenters. The monoisotopic (exact) mass is 450 g/mol. The molecule has 0 radical (unpaired) electrons. The third kappa shape index (κ3) is 4.46. The molecule has 3 aromatic carbocycles. The van der Waals surface area contributed by atoms with Crippen LogP contribution in [-0.2, 0) is 23.2 Å². The predicted octanol–water partition coefficient (Wildman–Crippen LogP) is 6.66. The first-order valence-electron chi connectivity index (χ1n) is 10.6. The number of ether oxygens (including phenoxy) is 2. The summed E-state index contributed by atoms with van der Waals surface area (Å²) in [5, 5.41) is 10.1. The largest absolute Gasteiger partial charge is 0.489 e. The first-order valence-corrected chi connectivity index (χ1v) is 11.0. The lowest BCUT2D eigenvalue weighted by Gasteiger charge is -2.20. The average molecular weight is 451 g/mol. The van der Waals surface area contributed by atoms with Gasteiger partial charge in [0.05, 0.1) is 5.41 Å². The van der Waals surface area contributed by atoms with E-state index in [1.165, 1.54) is 5.56 Å². The topological polar surface area (TPSA) is 55.8 Å². The van der Waals surface area contributed by atoms with Gasteiger partial charge in [-0.05, 0) is 86.3 Å². The number of carboxylic acid groups (broad SMARTS) is 1. The van der Waals surface area contributed by atoms with Crippen LogP contribution in [0.1, 0.15) is 44.4 Å². The van der Waals surface area contributed by atoms with Crippen LogP contribution >= 0.6 is 11.6 Å². The van der Waals surface area contributed by atoms with Gasteiger partial charge in [0.25, 0.3) is 0 Å². The molecule has 0 saturated carbocycles. The Bertz CT molecular complexity index is 1150. The molecule has 1 N–H and O–H groups in total. The van der Waals surface area contributed by atoms with Gasteiger partial charge in [-0.2, -0.15) is 0 Å². The van der Waals surface area contributed by atoms with Gasteiger partial charge in [-0.25, -0.2) is 0 Å². The molecular formula is C27H27ClO4. The maximum absolute atomic E-state index is 11.5. The summed E-state index contributed by atoms with van der Waals surface area (Å²) in [6.07, 6.45) is 0.829. The van der Waals surface area contributed by atoms with E-state index >= 15 is 0 Å². The Morgan fingerprint density at radius 2 is 1.72 bits per heavy atom. The van der Waals surface area contributed by atoms with Crippen molar-refractivity contribution in [3.63, 3.8) is 0 Å². The molecule has 0 saturated heterocycles. The van der Waals surface area contributed by atoms with E-state index in [0.717, 1.165) is 34.4 Å². The summed E-state index contributed by atoms with van der Waals surface area (Å²) < 4.78 is 12.3. The summed E-state index contributed by atoms with van der Waals surface area (Å²) in [5.41, 5.74) is 3.84. The molecule has 0 fully saturated rings. The van der Waals surface area contributed by atoms with E-state index in [9.17, 15) is 9.90 Å². The molecule has 0 bridgehead atoms. The summed E-state index contributed by atoms with van der Waals surface area (Å²) in [5.74, 6) is 0.703. The molecule has 32 heavy (non-hydrogen) atoms. The summed E-state index contributed by atoms with van der Waals surface area (Å²) in [6, 6.07) is 19.3. The number of rotatable bonds is 6. The third-order valence-electron chi connectivity index (χ3n) is 5.92. The molecular weight excluding hydrogens is 424 g/mol. The molecule has 0 atom stereocenters. The van der Waals surface area contributed by atoms with Gasteiger partial charge in [-0.1, -0.05) is 35.9 Å². The zero-order valence-corrected chi connectivity index (χ0v) is 19.5. The molecule has 0 aliphatic carbocycles. The Morgan fingerprint density at radius 3 is 2.34 bits per heavy atom. The van der Waals surface area contributed by atoms with E-state index in [0.29, 0.717) is 17.4 Å². The quantitative estimate of drug-likeness (QED) is 0.456. The van der Waals surface area contributed by atoms with Crippen molar-refractivity contribution in [3.8, 4) is 22.6 Å². The summed E-state index contributed by atoms with van der Waals surface area (Å²) in [4.78, 5) is 11.5. The maximum atomic E-state index is 11.5. The van der Waals surface area contributed by atoms with Gasteiger partial charge >= 0.3 is 5.97 Å². The van der Waals surface area contributed by atoms with Gasteiger partial charge in [-0.3, -0.25) is 4.79 Å². The highest BCUT2D eigenvalue weighted by Crippen LogP contribution is 2.41. The molecule has 4 rings (SSSR count).